The van der Waals surface area contributed by atoms with Crippen molar-refractivity contribution in [3.63, 3.8) is 0 Å². The van der Waals surface area contributed by atoms with Gasteiger partial charge in [-0.3, -0.25) is 5.73 Å². The molecule has 4 nitrogen and oxygen atoms in total. The maximum Gasteiger partial charge on any atom is 0.342 e. The van der Waals surface area contributed by atoms with Crippen molar-refractivity contribution < 1.29 is 4.54 Å². The molecule has 0 aliphatic rings. The summed E-state index contributed by atoms with van der Waals surface area (Å²) >= 11 is 0. The summed E-state index contributed by atoms with van der Waals surface area (Å²) in [6, 6.07) is 10.7. The van der Waals surface area contributed by atoms with Crippen LogP contribution in [0.1, 0.15) is 0 Å². The van der Waals surface area contributed by atoms with Crippen molar-refractivity contribution in [2.45, 2.75) is 0 Å². The molecular weight excluding hydrogens is 166 g/mol. The van der Waals surface area contributed by atoms with E-state index in [4.69, 9.17) is 5.73 Å². The molecule has 1 heterocycles. The first kappa shape index (κ1) is 7.67. The fourth-order valence-corrected chi connectivity index (χ4v) is 1.11. The van der Waals surface area contributed by atoms with Gasteiger partial charge in [0.15, 0.2) is 0 Å². The molecule has 2 rings (SSSR count). The highest BCUT2D eigenvalue weighted by Crippen LogP contribution is 2.07. The molecule has 0 amide bonds. The maximum absolute atomic E-state index is 11.1. The van der Waals surface area contributed by atoms with Crippen molar-refractivity contribution in [1.82, 2.24) is 5.10 Å². The van der Waals surface area contributed by atoms with Gasteiger partial charge in [-0.25, -0.2) is 0 Å². The van der Waals surface area contributed by atoms with Crippen molar-refractivity contribution >= 4 is 16.7 Å². The third kappa shape index (κ3) is 1.33. The van der Waals surface area contributed by atoms with Crippen molar-refractivity contribution in [2.24, 2.45) is 0 Å². The average molecular weight is 174 g/mol. The minimum atomic E-state index is 0.0937. The van der Waals surface area contributed by atoms with Crippen LogP contribution in [0.15, 0.2) is 36.4 Å². The zero-order valence-corrected chi connectivity index (χ0v) is 6.84. The molecule has 0 bridgehead atoms. The van der Waals surface area contributed by atoms with Gasteiger partial charge in [0.1, 0.15) is 10.1 Å². The van der Waals surface area contributed by atoms with Crippen LogP contribution in [0.5, 0.6) is 0 Å². The van der Waals surface area contributed by atoms with E-state index in [1.807, 2.05) is 18.2 Å². The Morgan fingerprint density at radius 3 is 2.77 bits per heavy atom. The highest BCUT2D eigenvalue weighted by molar-refractivity contribution is 5.77. The predicted molar refractivity (Wildman–Crippen MR) is 49.5 cm³/mol. The summed E-state index contributed by atoms with van der Waals surface area (Å²) in [5, 5.41) is 4.67. The number of benzene rings is 1. The normalized spacial score (nSPS) is 10.2. The van der Waals surface area contributed by atoms with Crippen LogP contribution in [-0.2, 0) is 0 Å². The Kier molecular flexibility index (Phi) is 1.66. The predicted octanol–water partition coefficient (Wildman–Crippen LogP) is 0.732. The minimum absolute atomic E-state index is 0.0937. The van der Waals surface area contributed by atoms with Gasteiger partial charge < -0.3 is 0 Å². The fourth-order valence-electron chi connectivity index (χ4n) is 1.11. The minimum Gasteiger partial charge on any atom is -0.282 e. The standard InChI is InChI=1S/C9H8N3O/c10-9-6-5-7-3-1-2-4-8(7)11-12(9)13/h1-6H,(H2,10,11,13)/q+1. The molecule has 0 fully saturated rings. The van der Waals surface area contributed by atoms with Crippen LogP contribution in [0.2, 0.25) is 0 Å². The first-order valence-corrected chi connectivity index (χ1v) is 3.86. The number of nitrogen functional groups attached to an aromatic ring is 1. The summed E-state index contributed by atoms with van der Waals surface area (Å²) in [6.07, 6.45) is 0. The summed E-state index contributed by atoms with van der Waals surface area (Å²) in [4.78, 5) is 11.1. The second kappa shape index (κ2) is 2.82. The largest absolute Gasteiger partial charge is 0.342 e. The molecule has 0 spiro atoms. The molecule has 0 saturated heterocycles. The van der Waals surface area contributed by atoms with Gasteiger partial charge in [0, 0.05) is 11.5 Å². The fraction of sp³-hybridized carbons (Fsp3) is 0. The van der Waals surface area contributed by atoms with Gasteiger partial charge in [0.25, 0.3) is 0 Å². The van der Waals surface area contributed by atoms with Crippen LogP contribution in [0.3, 0.4) is 0 Å². The van der Waals surface area contributed by atoms with Crippen molar-refractivity contribution in [3.05, 3.63) is 41.3 Å². The molecular formula is C9H8N3O+. The van der Waals surface area contributed by atoms with Gasteiger partial charge in [-0.1, -0.05) is 18.2 Å². The summed E-state index contributed by atoms with van der Waals surface area (Å²) in [6.45, 7) is 0. The van der Waals surface area contributed by atoms with Gasteiger partial charge in [-0.15, -0.1) is 0 Å². The van der Waals surface area contributed by atoms with Crippen LogP contribution in [0.4, 0.5) is 5.82 Å². The highest BCUT2D eigenvalue weighted by atomic mass is 16.3. The quantitative estimate of drug-likeness (QED) is 0.599. The first-order chi connectivity index (χ1) is 6.27. The molecule has 2 aromatic rings. The van der Waals surface area contributed by atoms with Gasteiger partial charge in [-0.2, -0.15) is 0 Å². The van der Waals surface area contributed by atoms with Gasteiger partial charge in [-0.05, 0) is 22.1 Å². The Morgan fingerprint density at radius 1 is 1.15 bits per heavy atom. The molecule has 1 aromatic heterocycles. The molecule has 0 unspecified atom stereocenters. The Hall–Kier alpha value is -1.97. The van der Waals surface area contributed by atoms with Crippen molar-refractivity contribution in [2.75, 3.05) is 5.73 Å². The molecule has 4 heteroatoms. The number of anilines is 1. The van der Waals surface area contributed by atoms with E-state index >= 15 is 0 Å². The van der Waals surface area contributed by atoms with Crippen LogP contribution in [-0.4, -0.2) is 5.10 Å². The van der Waals surface area contributed by atoms with E-state index in [1.165, 1.54) is 0 Å². The third-order valence-electron chi connectivity index (χ3n) is 1.79. The lowest BCUT2D eigenvalue weighted by Gasteiger charge is -1.83. The van der Waals surface area contributed by atoms with E-state index in [1.54, 1.807) is 18.2 Å². The lowest BCUT2D eigenvalue weighted by molar-refractivity contribution is -0.545. The van der Waals surface area contributed by atoms with Gasteiger partial charge in [0.05, 0.1) is 0 Å². The van der Waals surface area contributed by atoms with Crippen molar-refractivity contribution in [3.8, 4) is 0 Å². The first-order valence-electron chi connectivity index (χ1n) is 3.86. The van der Waals surface area contributed by atoms with E-state index in [0.717, 1.165) is 5.39 Å². The Bertz CT molecular complexity index is 510. The molecule has 0 radical (unpaired) electrons. The molecule has 0 aliphatic carbocycles. The van der Waals surface area contributed by atoms with Crippen LogP contribution in [0.25, 0.3) is 10.9 Å². The molecule has 64 valence electrons. The number of hydrogen-bond acceptors (Lipinski definition) is 3. The average Bonchev–Trinajstić information content (AvgIpc) is 2.28. The zero-order valence-electron chi connectivity index (χ0n) is 6.84. The van der Waals surface area contributed by atoms with Crippen molar-refractivity contribution in [1.29, 1.82) is 0 Å². The van der Waals surface area contributed by atoms with E-state index in [9.17, 15) is 4.91 Å². The number of nitrogens with zero attached hydrogens (tertiary/aromatic N) is 2. The van der Waals surface area contributed by atoms with E-state index in [2.05, 4.69) is 5.10 Å². The van der Waals surface area contributed by atoms with Gasteiger partial charge >= 0.3 is 5.82 Å². The summed E-state index contributed by atoms with van der Waals surface area (Å²) in [5.74, 6) is 0.0937. The monoisotopic (exact) mass is 174 g/mol. The summed E-state index contributed by atoms with van der Waals surface area (Å²) < 4.78 is 0.419. The third-order valence-corrected chi connectivity index (χ3v) is 1.79. The molecule has 13 heavy (non-hydrogen) atoms. The molecule has 0 aliphatic heterocycles. The number of hydrogen-bond donors (Lipinski definition) is 1. The molecule has 0 atom stereocenters. The van der Waals surface area contributed by atoms with Crippen LogP contribution < -0.4 is 10.3 Å². The zero-order chi connectivity index (χ0) is 9.26. The van der Waals surface area contributed by atoms with E-state index in [-0.39, 0.29) is 5.82 Å². The molecule has 0 saturated carbocycles. The number of nitrogens with two attached hydrogens (primary N) is 1. The van der Waals surface area contributed by atoms with Gasteiger partial charge in [0.2, 0.25) is 0 Å². The Balaban J connectivity index is 2.97. The van der Waals surface area contributed by atoms with Crippen LogP contribution in [0, 0.1) is 4.91 Å². The smallest absolute Gasteiger partial charge is 0.282 e. The highest BCUT2D eigenvalue weighted by Gasteiger charge is 1.99. The molecule has 1 aromatic carbocycles. The lowest BCUT2D eigenvalue weighted by atomic mass is 10.2. The number of fused-ring (bicyclic) bond motifs is 1. The van der Waals surface area contributed by atoms with E-state index < -0.39 is 0 Å². The summed E-state index contributed by atoms with van der Waals surface area (Å²) in [5.41, 5.74) is 6.04. The summed E-state index contributed by atoms with van der Waals surface area (Å²) in [7, 11) is 0. The lowest BCUT2D eigenvalue weighted by Crippen LogP contribution is -2.21. The maximum atomic E-state index is 11.1. The number of aromatic nitrogens is 2. The van der Waals surface area contributed by atoms with Crippen LogP contribution >= 0.6 is 0 Å². The topological polar surface area (TPSA) is 61.9 Å². The second-order valence-corrected chi connectivity index (χ2v) is 2.69. The Labute approximate surface area is 74.2 Å². The second-order valence-electron chi connectivity index (χ2n) is 2.69. The SMILES string of the molecule is Nc1ccc2ccccc2n[n+]1=O. The number of rotatable bonds is 0. The van der Waals surface area contributed by atoms with E-state index in [0.29, 0.717) is 10.1 Å². The Morgan fingerprint density at radius 2 is 1.92 bits per heavy atom. The molecule has 2 N–H and O–H groups in total.